The van der Waals surface area contributed by atoms with Gasteiger partial charge >= 0.3 is 0 Å². The van der Waals surface area contributed by atoms with Gasteiger partial charge in [-0.25, -0.2) is 4.98 Å². The summed E-state index contributed by atoms with van der Waals surface area (Å²) in [5.74, 6) is 0. The van der Waals surface area contributed by atoms with Gasteiger partial charge in [0.25, 0.3) is 0 Å². The van der Waals surface area contributed by atoms with Gasteiger partial charge in [0.15, 0.2) is 0 Å². The number of benzene rings is 1. The largest absolute Gasteiger partial charge is 0.387 e. The number of hydrogen-bond acceptors (Lipinski definition) is 3. The molecular weight excluding hydrogens is 278 g/mol. The number of hydrogen-bond donors (Lipinski definition) is 1. The molecule has 0 spiro atoms. The molecule has 3 heteroatoms. The molecule has 1 aromatic carbocycles. The Hall–Kier alpha value is -1.19. The van der Waals surface area contributed by atoms with Gasteiger partial charge in [-0.15, -0.1) is 11.3 Å². The van der Waals surface area contributed by atoms with Crippen molar-refractivity contribution in [1.29, 1.82) is 0 Å². The maximum atomic E-state index is 10.3. The molecule has 0 fully saturated rings. The maximum absolute atomic E-state index is 10.3. The average Bonchev–Trinajstić information content (AvgIpc) is 2.75. The first-order valence-corrected chi connectivity index (χ1v) is 8.38. The van der Waals surface area contributed by atoms with E-state index in [1.807, 2.05) is 0 Å². The lowest BCUT2D eigenvalue weighted by molar-refractivity contribution is 0.102. The summed E-state index contributed by atoms with van der Waals surface area (Å²) in [4.78, 5) is 5.89. The molecule has 3 rings (SSSR count). The van der Waals surface area contributed by atoms with E-state index in [0.29, 0.717) is 0 Å². The van der Waals surface area contributed by atoms with E-state index in [0.717, 1.165) is 34.8 Å². The third-order valence-electron chi connectivity index (χ3n) is 4.39. The highest BCUT2D eigenvalue weighted by molar-refractivity contribution is 7.11. The van der Waals surface area contributed by atoms with Crippen molar-refractivity contribution in [3.05, 3.63) is 50.5 Å². The summed E-state index contributed by atoms with van der Waals surface area (Å²) in [7, 11) is 0. The van der Waals surface area contributed by atoms with Crippen LogP contribution in [0.4, 0.5) is 0 Å². The first-order chi connectivity index (χ1) is 9.84. The first-order valence-electron chi connectivity index (χ1n) is 7.57. The monoisotopic (exact) mass is 301 g/mol. The highest BCUT2D eigenvalue weighted by Crippen LogP contribution is 2.43. The van der Waals surface area contributed by atoms with Gasteiger partial charge in [0.2, 0.25) is 0 Å². The van der Waals surface area contributed by atoms with E-state index in [1.54, 1.807) is 11.3 Å². The van der Waals surface area contributed by atoms with Crippen molar-refractivity contribution in [2.24, 2.45) is 5.41 Å². The molecule has 1 unspecified atom stereocenters. The lowest BCUT2D eigenvalue weighted by atomic mass is 9.77. The van der Waals surface area contributed by atoms with Crippen LogP contribution in [0.15, 0.2) is 18.2 Å². The highest BCUT2D eigenvalue weighted by atomic mass is 32.1. The number of aryl methyl sites for hydroxylation is 2. The Balaban J connectivity index is 1.86. The number of fused-ring (bicyclic) bond motifs is 1. The van der Waals surface area contributed by atoms with Gasteiger partial charge < -0.3 is 5.11 Å². The van der Waals surface area contributed by atoms with Crippen molar-refractivity contribution in [1.82, 2.24) is 4.98 Å². The van der Waals surface area contributed by atoms with Crippen LogP contribution in [0.5, 0.6) is 0 Å². The number of rotatable bonds is 2. The highest BCUT2D eigenvalue weighted by Gasteiger charge is 2.33. The van der Waals surface area contributed by atoms with Crippen LogP contribution in [0.25, 0.3) is 0 Å². The number of aliphatic hydroxyl groups is 1. The molecule has 1 aliphatic rings. The second-order valence-electron chi connectivity index (χ2n) is 7.07. The van der Waals surface area contributed by atoms with Gasteiger partial charge in [0, 0.05) is 6.42 Å². The summed E-state index contributed by atoms with van der Waals surface area (Å²) in [5.41, 5.74) is 5.22. The molecule has 21 heavy (non-hydrogen) atoms. The predicted molar refractivity (Wildman–Crippen MR) is 87.9 cm³/mol. The van der Waals surface area contributed by atoms with E-state index in [-0.39, 0.29) is 11.5 Å². The molecule has 1 N–H and O–H groups in total. The molecule has 0 saturated heterocycles. The van der Waals surface area contributed by atoms with Crippen LogP contribution in [0.2, 0.25) is 0 Å². The summed E-state index contributed by atoms with van der Waals surface area (Å²) in [6.45, 7) is 8.71. The quantitative estimate of drug-likeness (QED) is 0.894. The third kappa shape index (κ3) is 3.04. The Bertz CT molecular complexity index is 672. The van der Waals surface area contributed by atoms with Crippen molar-refractivity contribution in [2.75, 3.05) is 0 Å². The van der Waals surface area contributed by atoms with Crippen molar-refractivity contribution in [3.63, 3.8) is 0 Å². The minimum Gasteiger partial charge on any atom is -0.387 e. The summed E-state index contributed by atoms with van der Waals surface area (Å²) in [6.07, 6.45) is 2.34. The molecule has 0 saturated carbocycles. The number of thiazole rings is 1. The van der Waals surface area contributed by atoms with Gasteiger partial charge in [-0.05, 0) is 48.8 Å². The van der Waals surface area contributed by atoms with Crippen molar-refractivity contribution in [2.45, 2.75) is 53.1 Å². The van der Waals surface area contributed by atoms with Gasteiger partial charge in [-0.3, -0.25) is 0 Å². The molecule has 1 atom stereocenters. The SMILES string of the molecule is Cc1ccc(Cc2nc3c(s2)C(O)CC(C)(C)C3)cc1C. The van der Waals surface area contributed by atoms with E-state index in [9.17, 15) is 5.11 Å². The van der Waals surface area contributed by atoms with Crippen LogP contribution in [0.3, 0.4) is 0 Å². The number of aliphatic hydroxyl groups excluding tert-OH is 1. The van der Waals surface area contributed by atoms with Gasteiger partial charge in [0.05, 0.1) is 21.7 Å². The van der Waals surface area contributed by atoms with Crippen LogP contribution >= 0.6 is 11.3 Å². The van der Waals surface area contributed by atoms with Crippen LogP contribution in [0, 0.1) is 19.3 Å². The fraction of sp³-hybridized carbons (Fsp3) is 0.500. The Labute approximate surface area is 130 Å². The van der Waals surface area contributed by atoms with Crippen molar-refractivity contribution < 1.29 is 5.11 Å². The molecule has 2 aromatic rings. The van der Waals surface area contributed by atoms with Crippen molar-refractivity contribution in [3.8, 4) is 0 Å². The second kappa shape index (κ2) is 5.22. The molecule has 2 nitrogen and oxygen atoms in total. The molecule has 1 aliphatic carbocycles. The third-order valence-corrected chi connectivity index (χ3v) is 5.59. The maximum Gasteiger partial charge on any atom is 0.0975 e. The zero-order valence-corrected chi connectivity index (χ0v) is 14.0. The molecule has 1 heterocycles. The molecule has 0 aliphatic heterocycles. The second-order valence-corrected chi connectivity index (χ2v) is 8.19. The summed E-state index contributed by atoms with van der Waals surface area (Å²) in [6, 6.07) is 6.61. The fourth-order valence-electron chi connectivity index (χ4n) is 3.11. The zero-order chi connectivity index (χ0) is 15.2. The Morgan fingerprint density at radius 3 is 2.76 bits per heavy atom. The van der Waals surface area contributed by atoms with Gasteiger partial charge in [-0.1, -0.05) is 32.0 Å². The summed E-state index contributed by atoms with van der Waals surface area (Å²) < 4.78 is 0. The van der Waals surface area contributed by atoms with E-state index < -0.39 is 0 Å². The van der Waals surface area contributed by atoms with Crippen molar-refractivity contribution >= 4 is 11.3 Å². The lowest BCUT2D eigenvalue weighted by Crippen LogP contribution is -2.24. The standard InChI is InChI=1S/C18H23NOS/c1-11-5-6-13(7-12(11)2)8-16-19-14-9-18(3,4)10-15(20)17(14)21-16/h5-7,15,20H,8-10H2,1-4H3. The van der Waals surface area contributed by atoms with Gasteiger partial charge in [0.1, 0.15) is 0 Å². The van der Waals surface area contributed by atoms with E-state index in [1.165, 1.54) is 16.7 Å². The normalized spacial score (nSPS) is 20.3. The predicted octanol–water partition coefficient (Wildman–Crippen LogP) is 4.36. The minimum atomic E-state index is -0.338. The number of nitrogens with zero attached hydrogens (tertiary/aromatic N) is 1. The first kappa shape index (κ1) is 14.7. The van der Waals surface area contributed by atoms with Crippen LogP contribution < -0.4 is 0 Å². The smallest absolute Gasteiger partial charge is 0.0975 e. The molecule has 0 bridgehead atoms. The topological polar surface area (TPSA) is 33.1 Å². The summed E-state index contributed by atoms with van der Waals surface area (Å²) in [5, 5.41) is 11.5. The van der Waals surface area contributed by atoms with Crippen LogP contribution in [-0.2, 0) is 12.8 Å². The molecular formula is C18H23NOS. The Morgan fingerprint density at radius 2 is 2.05 bits per heavy atom. The van der Waals surface area contributed by atoms with Crippen LogP contribution in [-0.4, -0.2) is 10.1 Å². The van der Waals surface area contributed by atoms with Crippen LogP contribution in [0.1, 0.15) is 58.6 Å². The average molecular weight is 301 g/mol. The molecule has 112 valence electrons. The fourth-order valence-corrected chi connectivity index (χ4v) is 4.21. The van der Waals surface area contributed by atoms with E-state index in [2.05, 4.69) is 45.9 Å². The van der Waals surface area contributed by atoms with E-state index >= 15 is 0 Å². The van der Waals surface area contributed by atoms with Gasteiger partial charge in [-0.2, -0.15) is 0 Å². The minimum absolute atomic E-state index is 0.151. The summed E-state index contributed by atoms with van der Waals surface area (Å²) >= 11 is 1.69. The molecule has 0 amide bonds. The van der Waals surface area contributed by atoms with E-state index in [4.69, 9.17) is 4.98 Å². The zero-order valence-electron chi connectivity index (χ0n) is 13.2. The lowest BCUT2D eigenvalue weighted by Gasteiger charge is -2.31. The molecule has 1 aromatic heterocycles. The Morgan fingerprint density at radius 1 is 1.29 bits per heavy atom. The number of aromatic nitrogens is 1. The molecule has 0 radical (unpaired) electrons. The Kier molecular flexibility index (Phi) is 3.66.